The van der Waals surface area contributed by atoms with Crippen LogP contribution in [0.25, 0.3) is 0 Å². The van der Waals surface area contributed by atoms with E-state index in [0.29, 0.717) is 13.0 Å². The molecule has 0 aliphatic carbocycles. The summed E-state index contributed by atoms with van der Waals surface area (Å²) >= 11 is 0. The number of unbranched alkanes of at least 4 members (excludes halogenated alkanes) is 6. The van der Waals surface area contributed by atoms with Gasteiger partial charge in [-0.2, -0.15) is 0 Å². The number of hydrogen-bond donors (Lipinski definition) is 2. The van der Waals surface area contributed by atoms with E-state index in [1.807, 2.05) is 0 Å². The summed E-state index contributed by atoms with van der Waals surface area (Å²) in [4.78, 5) is 20.7. The van der Waals surface area contributed by atoms with E-state index in [1.54, 1.807) is 0 Å². The molecule has 1 atom stereocenters. The van der Waals surface area contributed by atoms with Crippen molar-refractivity contribution in [3.63, 3.8) is 0 Å². The number of aliphatic carboxylic acids is 2. The van der Waals surface area contributed by atoms with Crippen molar-refractivity contribution in [2.24, 2.45) is 0 Å². The minimum absolute atomic E-state index is 0. The monoisotopic (exact) mass is 560 g/mol. The molecule has 1 aliphatic rings. The number of hydrogen-bond acceptors (Lipinski definition) is 5. The molecule has 2 radical (unpaired) electrons. The summed E-state index contributed by atoms with van der Waals surface area (Å²) in [6, 6.07) is 0. The quantitative estimate of drug-likeness (QED) is 0.312. The Hall–Kier alpha value is -0.279. The average Bonchev–Trinajstić information content (AvgIpc) is 2.79. The van der Waals surface area contributed by atoms with Crippen molar-refractivity contribution in [1.29, 1.82) is 0 Å². The number of carboxylic acid groups (broad SMARTS) is 2. The van der Waals surface area contributed by atoms with Crippen LogP contribution in [0.5, 0.6) is 0 Å². The van der Waals surface area contributed by atoms with Crippen LogP contribution >= 0.6 is 0 Å². The van der Waals surface area contributed by atoms with Crippen LogP contribution in [0.15, 0.2) is 12.0 Å². The number of carboxylic acids is 2. The minimum Gasteiger partial charge on any atom is -0.495 e. The van der Waals surface area contributed by atoms with Crippen LogP contribution in [-0.4, -0.2) is 48.6 Å². The fourth-order valence-electron chi connectivity index (χ4n) is 2.08. The molecule has 0 aromatic carbocycles. The van der Waals surface area contributed by atoms with Gasteiger partial charge in [-0.3, -0.25) is 4.79 Å². The maximum atomic E-state index is 10.6. The van der Waals surface area contributed by atoms with Gasteiger partial charge < -0.3 is 24.4 Å². The molecule has 0 aromatic rings. The van der Waals surface area contributed by atoms with E-state index in [-0.39, 0.29) is 57.1 Å². The van der Waals surface area contributed by atoms with Crippen molar-refractivity contribution in [2.45, 2.75) is 64.4 Å². The summed E-state index contributed by atoms with van der Waals surface area (Å²) in [7, 11) is 1.37. The van der Waals surface area contributed by atoms with Gasteiger partial charge in [0.1, 0.15) is 12.9 Å². The Labute approximate surface area is 186 Å². The van der Waals surface area contributed by atoms with E-state index in [1.165, 1.54) is 45.5 Å². The van der Waals surface area contributed by atoms with E-state index < -0.39 is 18.0 Å². The van der Waals surface area contributed by atoms with Gasteiger partial charge in [-0.1, -0.05) is 45.4 Å². The standard InChI is InChI=1S/C10H20O2.C7H10O5.2Ag/c1-2-3-4-5-6-7-8-9-10(11)12;1-10-5-4-11-2-3-12-6(5)7(8)9;;/h2-9H2,1H3,(H,11,12);4,6H,2-3H2,1H3,(H,8,9);;. The Morgan fingerprint density at radius 3 is 2.15 bits per heavy atom. The molecule has 9 heteroatoms. The first-order valence-corrected chi connectivity index (χ1v) is 8.44. The molecule has 1 unspecified atom stereocenters. The summed E-state index contributed by atoms with van der Waals surface area (Å²) in [6.45, 7) is 2.79. The molecule has 1 rings (SSSR count). The molecule has 0 fully saturated rings. The van der Waals surface area contributed by atoms with Gasteiger partial charge in [-0.05, 0) is 6.42 Å². The average molecular weight is 562 g/mol. The zero-order valence-corrected chi connectivity index (χ0v) is 18.2. The Morgan fingerprint density at radius 1 is 1.08 bits per heavy atom. The van der Waals surface area contributed by atoms with Crippen molar-refractivity contribution in [3.8, 4) is 0 Å². The second-order valence-corrected chi connectivity index (χ2v) is 5.45. The number of rotatable bonds is 10. The molecule has 0 amide bonds. The van der Waals surface area contributed by atoms with Crippen molar-refractivity contribution >= 4 is 11.9 Å². The Morgan fingerprint density at radius 2 is 1.65 bits per heavy atom. The van der Waals surface area contributed by atoms with Crippen LogP contribution in [0.2, 0.25) is 0 Å². The Bertz CT molecular complexity index is 389. The zero-order valence-electron chi connectivity index (χ0n) is 15.3. The molecule has 162 valence electrons. The van der Waals surface area contributed by atoms with Crippen molar-refractivity contribution in [3.05, 3.63) is 12.0 Å². The van der Waals surface area contributed by atoms with Crippen LogP contribution < -0.4 is 0 Å². The molecule has 0 spiro atoms. The Kier molecular flexibility index (Phi) is 24.6. The van der Waals surface area contributed by atoms with Gasteiger partial charge in [0, 0.05) is 51.2 Å². The second-order valence-electron chi connectivity index (χ2n) is 5.45. The van der Waals surface area contributed by atoms with Gasteiger partial charge in [0.05, 0.1) is 13.7 Å². The molecule has 1 aliphatic heterocycles. The molecule has 7 nitrogen and oxygen atoms in total. The van der Waals surface area contributed by atoms with Crippen LogP contribution in [0, 0.1) is 0 Å². The largest absolute Gasteiger partial charge is 0.495 e. The van der Waals surface area contributed by atoms with Crippen LogP contribution in [-0.2, 0) is 68.6 Å². The predicted octanol–water partition coefficient (Wildman–Crippen LogP) is 3.18. The first-order chi connectivity index (χ1) is 11.5. The summed E-state index contributed by atoms with van der Waals surface area (Å²) < 4.78 is 14.6. The molecule has 0 bridgehead atoms. The molecular weight excluding hydrogens is 532 g/mol. The van der Waals surface area contributed by atoms with Crippen molar-refractivity contribution in [2.75, 3.05) is 20.3 Å². The van der Waals surface area contributed by atoms with Gasteiger partial charge >= 0.3 is 11.9 Å². The maximum absolute atomic E-state index is 10.6. The molecule has 26 heavy (non-hydrogen) atoms. The summed E-state index contributed by atoms with van der Waals surface area (Å²) in [5.41, 5.74) is 0. The Balaban J connectivity index is -0.000000378. The SMILES string of the molecule is CCCCCCCCCC(=O)O.COC1=COCCOC1C(=O)O.[Ag].[Ag]. The predicted molar refractivity (Wildman–Crippen MR) is 88.7 cm³/mol. The van der Waals surface area contributed by atoms with Crippen LogP contribution in [0.3, 0.4) is 0 Å². The van der Waals surface area contributed by atoms with E-state index in [2.05, 4.69) is 6.92 Å². The zero-order chi connectivity index (χ0) is 18.2. The molecule has 0 saturated carbocycles. The van der Waals surface area contributed by atoms with Crippen LogP contribution in [0.4, 0.5) is 0 Å². The maximum Gasteiger partial charge on any atom is 0.340 e. The minimum atomic E-state index is -1.08. The van der Waals surface area contributed by atoms with Gasteiger partial charge in [0.2, 0.25) is 6.10 Å². The van der Waals surface area contributed by atoms with Crippen molar-refractivity contribution < 1.29 is 78.8 Å². The van der Waals surface area contributed by atoms with E-state index in [9.17, 15) is 9.59 Å². The number of methoxy groups -OCH3 is 1. The molecule has 2 N–H and O–H groups in total. The second kappa shape index (κ2) is 21.0. The molecular formula is C17H30Ag2O7. The third kappa shape index (κ3) is 17.2. The van der Waals surface area contributed by atoms with Gasteiger partial charge in [0.15, 0.2) is 5.76 Å². The third-order valence-electron chi connectivity index (χ3n) is 3.40. The normalized spacial score (nSPS) is 15.5. The summed E-state index contributed by atoms with van der Waals surface area (Å²) in [6.07, 6.45) is 8.87. The van der Waals surface area contributed by atoms with E-state index in [0.717, 1.165) is 12.8 Å². The van der Waals surface area contributed by atoms with Gasteiger partial charge in [0.25, 0.3) is 0 Å². The molecule has 0 saturated heterocycles. The fraction of sp³-hybridized carbons (Fsp3) is 0.765. The smallest absolute Gasteiger partial charge is 0.340 e. The third-order valence-corrected chi connectivity index (χ3v) is 3.40. The van der Waals surface area contributed by atoms with Gasteiger partial charge in [-0.25, -0.2) is 4.79 Å². The fourth-order valence-corrected chi connectivity index (χ4v) is 2.08. The number of carbonyl (C=O) groups is 2. The summed E-state index contributed by atoms with van der Waals surface area (Å²) in [5.74, 6) is -1.56. The van der Waals surface area contributed by atoms with Crippen LogP contribution in [0.1, 0.15) is 58.3 Å². The summed E-state index contributed by atoms with van der Waals surface area (Å²) in [5, 5.41) is 17.0. The van der Waals surface area contributed by atoms with E-state index in [4.69, 9.17) is 24.4 Å². The first-order valence-electron chi connectivity index (χ1n) is 8.44. The van der Waals surface area contributed by atoms with Gasteiger partial charge in [-0.15, -0.1) is 0 Å². The molecule has 0 aromatic heterocycles. The van der Waals surface area contributed by atoms with E-state index >= 15 is 0 Å². The first kappa shape index (κ1) is 30.4. The van der Waals surface area contributed by atoms with Crippen molar-refractivity contribution in [1.82, 2.24) is 0 Å². The topological polar surface area (TPSA) is 102 Å². The molecule has 1 heterocycles. The number of ether oxygens (including phenoxy) is 3.